The Bertz CT molecular complexity index is 890. The SMILES string of the molecule is CCS(=O)(=O)N(C)c1ccc(C(=O)NC(C)c2ccc(C)cc2C)cc1. The van der Waals surface area contributed by atoms with Crippen molar-refractivity contribution in [1.29, 1.82) is 0 Å². The molecule has 0 radical (unpaired) electrons. The Morgan fingerprint density at radius 3 is 2.27 bits per heavy atom. The molecule has 5 nitrogen and oxygen atoms in total. The molecule has 0 aliphatic carbocycles. The molecule has 0 saturated carbocycles. The molecule has 0 aliphatic heterocycles. The average Bonchev–Trinajstić information content (AvgIpc) is 2.60. The lowest BCUT2D eigenvalue weighted by Crippen LogP contribution is -2.29. The number of carbonyl (C=O) groups is 1. The zero-order valence-corrected chi connectivity index (χ0v) is 16.7. The van der Waals surface area contributed by atoms with Gasteiger partial charge in [-0.15, -0.1) is 0 Å². The Morgan fingerprint density at radius 2 is 1.73 bits per heavy atom. The Balaban J connectivity index is 2.13. The van der Waals surface area contributed by atoms with Crippen LogP contribution < -0.4 is 9.62 Å². The van der Waals surface area contributed by atoms with Gasteiger partial charge in [0, 0.05) is 12.6 Å². The standard InChI is InChI=1S/C20H26N2O3S/c1-6-26(24,25)22(5)18-10-8-17(9-11-18)20(23)21-16(4)19-12-7-14(2)13-15(19)3/h7-13,16H,6H2,1-5H3,(H,21,23). The summed E-state index contributed by atoms with van der Waals surface area (Å²) in [7, 11) is -1.80. The number of rotatable bonds is 6. The second-order valence-corrected chi connectivity index (χ2v) is 8.76. The average molecular weight is 375 g/mol. The summed E-state index contributed by atoms with van der Waals surface area (Å²) in [6, 6.07) is 12.6. The normalized spacial score (nSPS) is 12.5. The van der Waals surface area contributed by atoms with Crippen molar-refractivity contribution in [2.45, 2.75) is 33.7 Å². The van der Waals surface area contributed by atoms with Crippen LogP contribution in [0.5, 0.6) is 0 Å². The molecular formula is C20H26N2O3S. The number of carbonyl (C=O) groups excluding carboxylic acids is 1. The molecule has 0 fully saturated rings. The first-order valence-electron chi connectivity index (χ1n) is 8.60. The molecule has 2 rings (SSSR count). The van der Waals surface area contributed by atoms with Crippen molar-refractivity contribution < 1.29 is 13.2 Å². The topological polar surface area (TPSA) is 66.5 Å². The maximum atomic E-state index is 12.5. The fourth-order valence-corrected chi connectivity index (χ4v) is 3.68. The van der Waals surface area contributed by atoms with Crippen LogP contribution in [0.2, 0.25) is 0 Å². The number of amides is 1. The van der Waals surface area contributed by atoms with Crippen LogP contribution in [0, 0.1) is 13.8 Å². The quantitative estimate of drug-likeness (QED) is 0.840. The molecule has 1 unspecified atom stereocenters. The van der Waals surface area contributed by atoms with Gasteiger partial charge in [-0.05, 0) is 63.1 Å². The molecular weight excluding hydrogens is 348 g/mol. The maximum absolute atomic E-state index is 12.5. The lowest BCUT2D eigenvalue weighted by atomic mass is 10.00. The highest BCUT2D eigenvalue weighted by Gasteiger charge is 2.17. The third-order valence-corrected chi connectivity index (χ3v) is 6.29. The molecule has 0 bridgehead atoms. The number of benzene rings is 2. The fourth-order valence-electron chi connectivity index (χ4n) is 2.85. The van der Waals surface area contributed by atoms with Crippen LogP contribution in [0.15, 0.2) is 42.5 Å². The van der Waals surface area contributed by atoms with Crippen molar-refractivity contribution in [2.24, 2.45) is 0 Å². The van der Waals surface area contributed by atoms with Crippen molar-refractivity contribution in [1.82, 2.24) is 5.32 Å². The van der Waals surface area contributed by atoms with Crippen molar-refractivity contribution in [3.63, 3.8) is 0 Å². The number of nitrogens with one attached hydrogen (secondary N) is 1. The lowest BCUT2D eigenvalue weighted by molar-refractivity contribution is 0.0940. The molecule has 140 valence electrons. The molecule has 2 aromatic carbocycles. The minimum Gasteiger partial charge on any atom is -0.346 e. The van der Waals surface area contributed by atoms with Gasteiger partial charge in [0.15, 0.2) is 0 Å². The highest BCUT2D eigenvalue weighted by Crippen LogP contribution is 2.20. The monoisotopic (exact) mass is 374 g/mol. The van der Waals surface area contributed by atoms with E-state index in [4.69, 9.17) is 0 Å². The first kappa shape index (κ1) is 20.0. The van der Waals surface area contributed by atoms with Crippen LogP contribution in [-0.2, 0) is 10.0 Å². The van der Waals surface area contributed by atoms with Gasteiger partial charge in [-0.1, -0.05) is 23.8 Å². The Morgan fingerprint density at radius 1 is 1.12 bits per heavy atom. The molecule has 6 heteroatoms. The van der Waals surface area contributed by atoms with E-state index in [2.05, 4.69) is 11.4 Å². The Hall–Kier alpha value is -2.34. The summed E-state index contributed by atoms with van der Waals surface area (Å²) in [5.74, 6) is -0.163. The highest BCUT2D eigenvalue weighted by molar-refractivity contribution is 7.92. The van der Waals surface area contributed by atoms with Crippen molar-refractivity contribution in [3.05, 3.63) is 64.7 Å². The smallest absolute Gasteiger partial charge is 0.251 e. The molecule has 0 saturated heterocycles. The van der Waals surface area contributed by atoms with Gasteiger partial charge < -0.3 is 5.32 Å². The zero-order chi connectivity index (χ0) is 19.5. The number of sulfonamides is 1. The van der Waals surface area contributed by atoms with E-state index < -0.39 is 10.0 Å². The van der Waals surface area contributed by atoms with E-state index >= 15 is 0 Å². The molecule has 0 heterocycles. The van der Waals surface area contributed by atoms with E-state index in [9.17, 15) is 13.2 Å². The molecule has 1 N–H and O–H groups in total. The van der Waals surface area contributed by atoms with E-state index in [0.717, 1.165) is 11.1 Å². The van der Waals surface area contributed by atoms with Crippen LogP contribution in [0.4, 0.5) is 5.69 Å². The van der Waals surface area contributed by atoms with E-state index in [1.54, 1.807) is 31.2 Å². The number of hydrogen-bond acceptors (Lipinski definition) is 3. The first-order chi connectivity index (χ1) is 12.2. The lowest BCUT2D eigenvalue weighted by Gasteiger charge is -2.19. The number of aryl methyl sites for hydroxylation is 2. The van der Waals surface area contributed by atoms with E-state index in [0.29, 0.717) is 11.3 Å². The van der Waals surface area contributed by atoms with Gasteiger partial charge >= 0.3 is 0 Å². The van der Waals surface area contributed by atoms with Crippen LogP contribution in [0.3, 0.4) is 0 Å². The number of anilines is 1. The minimum atomic E-state index is -3.31. The number of nitrogens with zero attached hydrogens (tertiary/aromatic N) is 1. The van der Waals surface area contributed by atoms with E-state index in [1.807, 2.05) is 32.9 Å². The van der Waals surface area contributed by atoms with Gasteiger partial charge in [0.05, 0.1) is 17.5 Å². The van der Waals surface area contributed by atoms with Crippen molar-refractivity contribution in [2.75, 3.05) is 17.1 Å². The van der Waals surface area contributed by atoms with Crippen molar-refractivity contribution >= 4 is 21.6 Å². The molecule has 26 heavy (non-hydrogen) atoms. The second kappa shape index (κ2) is 7.91. The highest BCUT2D eigenvalue weighted by atomic mass is 32.2. The van der Waals surface area contributed by atoms with Crippen LogP contribution in [-0.4, -0.2) is 27.1 Å². The largest absolute Gasteiger partial charge is 0.346 e. The zero-order valence-electron chi connectivity index (χ0n) is 15.9. The van der Waals surface area contributed by atoms with Crippen LogP contribution in [0.1, 0.15) is 46.9 Å². The van der Waals surface area contributed by atoms with Gasteiger partial charge in [-0.25, -0.2) is 8.42 Å². The van der Waals surface area contributed by atoms with E-state index in [1.165, 1.54) is 16.9 Å². The van der Waals surface area contributed by atoms with Crippen LogP contribution >= 0.6 is 0 Å². The van der Waals surface area contributed by atoms with Gasteiger partial charge in [0.25, 0.3) is 5.91 Å². The third-order valence-electron chi connectivity index (χ3n) is 4.51. The van der Waals surface area contributed by atoms with Crippen molar-refractivity contribution in [3.8, 4) is 0 Å². The minimum absolute atomic E-state index is 0.0269. The molecule has 0 aromatic heterocycles. The van der Waals surface area contributed by atoms with Gasteiger partial charge in [-0.2, -0.15) is 0 Å². The maximum Gasteiger partial charge on any atom is 0.251 e. The number of hydrogen-bond donors (Lipinski definition) is 1. The summed E-state index contributed by atoms with van der Waals surface area (Å²) in [5, 5.41) is 2.99. The molecule has 1 atom stereocenters. The Kier molecular flexibility index (Phi) is 6.08. The van der Waals surface area contributed by atoms with E-state index in [-0.39, 0.29) is 17.7 Å². The van der Waals surface area contributed by atoms with Gasteiger partial charge in [0.2, 0.25) is 10.0 Å². The summed E-state index contributed by atoms with van der Waals surface area (Å²) < 4.78 is 25.1. The molecule has 2 aromatic rings. The summed E-state index contributed by atoms with van der Waals surface area (Å²) in [4.78, 5) is 12.5. The summed E-state index contributed by atoms with van der Waals surface area (Å²) in [6.45, 7) is 7.62. The second-order valence-electron chi connectivity index (χ2n) is 6.47. The van der Waals surface area contributed by atoms with Gasteiger partial charge in [-0.3, -0.25) is 9.10 Å². The molecule has 1 amide bonds. The third kappa shape index (κ3) is 4.43. The van der Waals surface area contributed by atoms with Gasteiger partial charge in [0.1, 0.15) is 0 Å². The summed E-state index contributed by atoms with van der Waals surface area (Å²) >= 11 is 0. The predicted octanol–water partition coefficient (Wildman–Crippen LogP) is 3.58. The molecule has 0 spiro atoms. The first-order valence-corrected chi connectivity index (χ1v) is 10.2. The predicted molar refractivity (Wildman–Crippen MR) is 106 cm³/mol. The van der Waals surface area contributed by atoms with Crippen LogP contribution in [0.25, 0.3) is 0 Å². The Labute approximate surface area is 156 Å². The summed E-state index contributed by atoms with van der Waals surface area (Å²) in [5.41, 5.74) is 4.43. The summed E-state index contributed by atoms with van der Waals surface area (Å²) in [6.07, 6.45) is 0. The fraction of sp³-hybridized carbons (Fsp3) is 0.350. The molecule has 0 aliphatic rings.